The van der Waals surface area contributed by atoms with Crippen LogP contribution < -0.4 is 0 Å². The van der Waals surface area contributed by atoms with E-state index in [9.17, 15) is 9.59 Å². The summed E-state index contributed by atoms with van der Waals surface area (Å²) in [5.74, 6) is -0.247. The topological polar surface area (TPSA) is 105 Å². The Labute approximate surface area is 165 Å². The number of carbonyl (C=O) groups is 2. The van der Waals surface area contributed by atoms with Crippen molar-refractivity contribution in [1.82, 2.24) is 25.2 Å². The van der Waals surface area contributed by atoms with E-state index in [1.54, 1.807) is 24.3 Å². The van der Waals surface area contributed by atoms with Crippen LogP contribution in [0.1, 0.15) is 32.1 Å². The van der Waals surface area contributed by atoms with Crippen molar-refractivity contribution in [2.24, 2.45) is 0 Å². The molecule has 0 bridgehead atoms. The number of benzene rings is 2. The molecule has 8 heteroatoms. The van der Waals surface area contributed by atoms with Gasteiger partial charge in [-0.1, -0.05) is 47.1 Å². The highest BCUT2D eigenvalue weighted by atomic mass is 16.5. The molecule has 29 heavy (non-hydrogen) atoms. The third-order valence-electron chi connectivity index (χ3n) is 4.80. The molecule has 8 nitrogen and oxygen atoms in total. The lowest BCUT2D eigenvalue weighted by atomic mass is 10.1. The van der Waals surface area contributed by atoms with E-state index >= 15 is 0 Å². The molecule has 0 atom stereocenters. The monoisotopic (exact) mass is 385 g/mol. The van der Waals surface area contributed by atoms with Crippen LogP contribution in [0.3, 0.4) is 0 Å². The molecule has 2 aromatic heterocycles. The largest absolute Gasteiger partial charge is 0.332 e. The molecule has 0 saturated carbocycles. The number of H-pyrrole nitrogens is 1. The van der Waals surface area contributed by atoms with Crippen LogP contribution in [0.4, 0.5) is 0 Å². The number of hydrogen-bond acceptors (Lipinski definition) is 6. The first kappa shape index (κ1) is 17.1. The predicted molar refractivity (Wildman–Crippen MR) is 103 cm³/mol. The average molecular weight is 385 g/mol. The van der Waals surface area contributed by atoms with Gasteiger partial charge < -0.3 is 4.52 Å². The third-order valence-corrected chi connectivity index (χ3v) is 4.80. The summed E-state index contributed by atoms with van der Waals surface area (Å²) in [6, 6.07) is 16.5. The van der Waals surface area contributed by atoms with Gasteiger partial charge in [-0.2, -0.15) is 10.1 Å². The minimum absolute atomic E-state index is 0.0607. The van der Waals surface area contributed by atoms with Crippen LogP contribution in [0.25, 0.3) is 22.8 Å². The number of carbonyl (C=O) groups excluding carboxylic acids is 2. The average Bonchev–Trinajstić information content (AvgIpc) is 3.45. The Morgan fingerprint density at radius 1 is 1.00 bits per heavy atom. The molecule has 4 aromatic rings. The van der Waals surface area contributed by atoms with Crippen molar-refractivity contribution in [3.05, 3.63) is 77.1 Å². The molecule has 0 spiro atoms. The zero-order valence-electron chi connectivity index (χ0n) is 15.4. The van der Waals surface area contributed by atoms with Gasteiger partial charge in [0.05, 0.1) is 23.4 Å². The van der Waals surface area contributed by atoms with Crippen molar-refractivity contribution >= 4 is 11.8 Å². The van der Waals surface area contributed by atoms with E-state index < -0.39 is 0 Å². The van der Waals surface area contributed by atoms with E-state index in [1.807, 2.05) is 37.3 Å². The highest BCUT2D eigenvalue weighted by Crippen LogP contribution is 2.26. The second-order valence-corrected chi connectivity index (χ2v) is 6.79. The molecule has 0 aliphatic carbocycles. The number of aryl methyl sites for hydroxylation is 1. The minimum atomic E-state index is -0.361. The predicted octanol–water partition coefficient (Wildman–Crippen LogP) is 3.23. The summed E-state index contributed by atoms with van der Waals surface area (Å²) in [5.41, 5.74) is 4.21. The fourth-order valence-electron chi connectivity index (χ4n) is 3.26. The van der Waals surface area contributed by atoms with Crippen molar-refractivity contribution in [3.8, 4) is 22.8 Å². The fraction of sp³-hybridized carbons (Fsp3) is 0.0952. The van der Waals surface area contributed by atoms with E-state index in [0.717, 1.165) is 16.2 Å². The Morgan fingerprint density at radius 2 is 1.69 bits per heavy atom. The quantitative estimate of drug-likeness (QED) is 0.541. The molecule has 2 amide bonds. The van der Waals surface area contributed by atoms with Crippen molar-refractivity contribution in [3.63, 3.8) is 0 Å². The molecule has 3 heterocycles. The highest BCUT2D eigenvalue weighted by Gasteiger charge is 2.36. The summed E-state index contributed by atoms with van der Waals surface area (Å²) in [6.07, 6.45) is 0. The zero-order chi connectivity index (χ0) is 20.0. The maximum Gasteiger partial charge on any atom is 0.276 e. The van der Waals surface area contributed by atoms with Crippen LogP contribution in [0.2, 0.25) is 0 Å². The molecule has 142 valence electrons. The maximum absolute atomic E-state index is 12.5. The number of amides is 2. The first-order chi connectivity index (χ1) is 14.1. The summed E-state index contributed by atoms with van der Waals surface area (Å²) < 4.78 is 5.30. The van der Waals surface area contributed by atoms with Gasteiger partial charge in [-0.05, 0) is 25.1 Å². The molecular formula is C21H15N5O3. The molecule has 0 radical (unpaired) electrons. The van der Waals surface area contributed by atoms with E-state index in [-0.39, 0.29) is 30.1 Å². The number of rotatable bonds is 4. The molecular weight excluding hydrogens is 370 g/mol. The van der Waals surface area contributed by atoms with Gasteiger partial charge in [-0.3, -0.25) is 19.6 Å². The fourth-order valence-corrected chi connectivity index (χ4v) is 3.26. The summed E-state index contributed by atoms with van der Waals surface area (Å²) in [7, 11) is 0. The lowest BCUT2D eigenvalue weighted by Gasteiger charge is -2.10. The van der Waals surface area contributed by atoms with Crippen molar-refractivity contribution < 1.29 is 14.1 Å². The second-order valence-electron chi connectivity index (χ2n) is 6.79. The lowest BCUT2D eigenvalue weighted by molar-refractivity contribution is 0.0637. The highest BCUT2D eigenvalue weighted by molar-refractivity contribution is 6.21. The van der Waals surface area contributed by atoms with Crippen molar-refractivity contribution in [1.29, 1.82) is 0 Å². The Kier molecular flexibility index (Phi) is 3.83. The summed E-state index contributed by atoms with van der Waals surface area (Å²) >= 11 is 0. The van der Waals surface area contributed by atoms with Gasteiger partial charge in [0.1, 0.15) is 5.69 Å². The van der Waals surface area contributed by atoms with Gasteiger partial charge in [-0.25, -0.2) is 0 Å². The molecule has 2 aromatic carbocycles. The van der Waals surface area contributed by atoms with Gasteiger partial charge >= 0.3 is 0 Å². The van der Waals surface area contributed by atoms with Crippen LogP contribution in [0.15, 0.2) is 59.1 Å². The smallest absolute Gasteiger partial charge is 0.276 e. The van der Waals surface area contributed by atoms with Crippen LogP contribution >= 0.6 is 0 Å². The van der Waals surface area contributed by atoms with Gasteiger partial charge in [0.2, 0.25) is 0 Å². The van der Waals surface area contributed by atoms with Crippen molar-refractivity contribution in [2.45, 2.75) is 13.5 Å². The number of fused-ring (bicyclic) bond motifs is 1. The summed E-state index contributed by atoms with van der Waals surface area (Å²) in [5, 5.41) is 11.1. The van der Waals surface area contributed by atoms with E-state index in [1.165, 1.54) is 5.56 Å². The SMILES string of the molecule is Cc1ccc(-c2cc(-c3nc(CN4C(=O)c5ccccc5C4=O)no3)[nH]n2)cc1. The maximum atomic E-state index is 12.5. The lowest BCUT2D eigenvalue weighted by Crippen LogP contribution is -2.29. The first-order valence-corrected chi connectivity index (χ1v) is 9.01. The number of nitrogens with zero attached hydrogens (tertiary/aromatic N) is 4. The Balaban J connectivity index is 1.36. The molecule has 5 rings (SSSR count). The van der Waals surface area contributed by atoms with Crippen LogP contribution in [-0.2, 0) is 6.54 Å². The first-order valence-electron chi connectivity index (χ1n) is 9.01. The Morgan fingerprint density at radius 3 is 2.38 bits per heavy atom. The van der Waals surface area contributed by atoms with Gasteiger partial charge in [-0.15, -0.1) is 0 Å². The number of imide groups is 1. The second kappa shape index (κ2) is 6.52. The normalized spacial score (nSPS) is 13.2. The van der Waals surface area contributed by atoms with Crippen LogP contribution in [-0.4, -0.2) is 37.1 Å². The summed E-state index contributed by atoms with van der Waals surface area (Å²) in [4.78, 5) is 30.4. The number of hydrogen-bond donors (Lipinski definition) is 1. The molecule has 0 fully saturated rings. The molecule has 0 saturated heterocycles. The molecule has 1 N–H and O–H groups in total. The number of aromatic amines is 1. The zero-order valence-corrected chi connectivity index (χ0v) is 15.4. The van der Waals surface area contributed by atoms with E-state index in [2.05, 4.69) is 20.3 Å². The molecule has 1 aliphatic heterocycles. The Bertz CT molecular complexity index is 1200. The van der Waals surface area contributed by atoms with Crippen LogP contribution in [0.5, 0.6) is 0 Å². The summed E-state index contributed by atoms with van der Waals surface area (Å²) in [6.45, 7) is 1.96. The minimum Gasteiger partial charge on any atom is -0.332 e. The van der Waals surface area contributed by atoms with E-state index in [0.29, 0.717) is 16.8 Å². The standard InChI is InChI=1S/C21H15N5O3/c1-12-6-8-13(9-7-12)16-10-17(24-23-16)19-22-18(25-29-19)11-26-20(27)14-4-2-3-5-15(14)21(26)28/h2-10H,11H2,1H3,(H,23,24). The van der Waals surface area contributed by atoms with E-state index in [4.69, 9.17) is 4.52 Å². The van der Waals surface area contributed by atoms with Gasteiger partial charge in [0, 0.05) is 5.56 Å². The molecule has 1 aliphatic rings. The number of nitrogens with one attached hydrogen (secondary N) is 1. The molecule has 0 unspecified atom stereocenters. The van der Waals surface area contributed by atoms with Gasteiger partial charge in [0.15, 0.2) is 5.82 Å². The van der Waals surface area contributed by atoms with Crippen LogP contribution in [0, 0.1) is 6.92 Å². The Hall–Kier alpha value is -4.07. The number of aromatic nitrogens is 4. The van der Waals surface area contributed by atoms with Crippen molar-refractivity contribution in [2.75, 3.05) is 0 Å². The van der Waals surface area contributed by atoms with Gasteiger partial charge in [0.25, 0.3) is 17.7 Å². The third kappa shape index (κ3) is 2.91.